The molecular weight excluding hydrogens is 244 g/mol. The van der Waals surface area contributed by atoms with Crippen molar-refractivity contribution in [2.75, 3.05) is 19.8 Å². The standard InChI is InChI=1S/C15H24O4/c1-3-17-14(16)11(2)10-12-6-4-5-7-13(12)15-18-8-9-19-15/h12-13,15H,2-10H2,1H3/t12-,13+/m0/s1. The number of hydrogen-bond donors (Lipinski definition) is 0. The normalized spacial score (nSPS) is 28.3. The van der Waals surface area contributed by atoms with Crippen LogP contribution in [0.1, 0.15) is 39.0 Å². The second-order valence-electron chi connectivity index (χ2n) is 5.35. The molecule has 0 bridgehead atoms. The van der Waals surface area contributed by atoms with Crippen molar-refractivity contribution >= 4 is 5.97 Å². The minimum atomic E-state index is -0.264. The van der Waals surface area contributed by atoms with Crippen molar-refractivity contribution in [1.82, 2.24) is 0 Å². The number of esters is 1. The molecular formula is C15H24O4. The molecule has 0 spiro atoms. The molecule has 0 unspecified atom stereocenters. The fraction of sp³-hybridized carbons (Fsp3) is 0.800. The third-order valence-corrected chi connectivity index (χ3v) is 4.04. The second kappa shape index (κ2) is 7.06. The van der Waals surface area contributed by atoms with Crippen LogP contribution in [0.4, 0.5) is 0 Å². The van der Waals surface area contributed by atoms with Gasteiger partial charge >= 0.3 is 5.97 Å². The van der Waals surface area contributed by atoms with Gasteiger partial charge in [0.2, 0.25) is 0 Å². The van der Waals surface area contributed by atoms with Crippen molar-refractivity contribution < 1.29 is 19.0 Å². The Balaban J connectivity index is 1.91. The molecule has 19 heavy (non-hydrogen) atoms. The molecule has 0 aromatic carbocycles. The largest absolute Gasteiger partial charge is 0.463 e. The molecule has 4 nitrogen and oxygen atoms in total. The van der Waals surface area contributed by atoms with E-state index in [0.717, 1.165) is 12.8 Å². The topological polar surface area (TPSA) is 44.8 Å². The maximum absolute atomic E-state index is 11.7. The van der Waals surface area contributed by atoms with E-state index in [1.165, 1.54) is 12.8 Å². The predicted octanol–water partition coefficient (Wildman–Crippen LogP) is 2.68. The molecule has 0 aromatic heterocycles. The van der Waals surface area contributed by atoms with Crippen molar-refractivity contribution in [2.24, 2.45) is 11.8 Å². The molecule has 108 valence electrons. The van der Waals surface area contributed by atoms with Gasteiger partial charge in [0, 0.05) is 11.5 Å². The first kappa shape index (κ1) is 14.5. The molecule has 0 amide bonds. The molecule has 0 aromatic rings. The zero-order valence-corrected chi connectivity index (χ0v) is 11.7. The molecule has 2 aliphatic rings. The molecule has 1 heterocycles. The first-order valence-corrected chi connectivity index (χ1v) is 7.30. The molecule has 1 aliphatic carbocycles. The highest BCUT2D eigenvalue weighted by molar-refractivity contribution is 5.87. The van der Waals surface area contributed by atoms with Gasteiger partial charge < -0.3 is 14.2 Å². The van der Waals surface area contributed by atoms with E-state index in [9.17, 15) is 4.79 Å². The third kappa shape index (κ3) is 3.80. The summed E-state index contributed by atoms with van der Waals surface area (Å²) in [5.74, 6) is 0.552. The highest BCUT2D eigenvalue weighted by atomic mass is 16.7. The third-order valence-electron chi connectivity index (χ3n) is 4.04. The quantitative estimate of drug-likeness (QED) is 0.568. The van der Waals surface area contributed by atoms with E-state index < -0.39 is 0 Å². The van der Waals surface area contributed by atoms with Gasteiger partial charge in [0.05, 0.1) is 19.8 Å². The Bertz CT molecular complexity index is 320. The summed E-state index contributed by atoms with van der Waals surface area (Å²) in [4.78, 5) is 11.7. The lowest BCUT2D eigenvalue weighted by Gasteiger charge is -2.34. The van der Waals surface area contributed by atoms with E-state index in [-0.39, 0.29) is 12.3 Å². The van der Waals surface area contributed by atoms with Crippen molar-refractivity contribution in [1.29, 1.82) is 0 Å². The van der Waals surface area contributed by atoms with Crippen LogP contribution in [0.2, 0.25) is 0 Å². The molecule has 1 aliphatic heterocycles. The lowest BCUT2D eigenvalue weighted by atomic mass is 9.76. The van der Waals surface area contributed by atoms with Gasteiger partial charge in [0.25, 0.3) is 0 Å². The summed E-state index contributed by atoms with van der Waals surface area (Å²) in [7, 11) is 0. The zero-order chi connectivity index (χ0) is 13.7. The first-order valence-electron chi connectivity index (χ1n) is 7.30. The molecule has 0 radical (unpaired) electrons. The monoisotopic (exact) mass is 268 g/mol. The van der Waals surface area contributed by atoms with E-state index in [4.69, 9.17) is 14.2 Å². The summed E-state index contributed by atoms with van der Waals surface area (Å²) in [6, 6.07) is 0. The smallest absolute Gasteiger partial charge is 0.333 e. The number of hydrogen-bond acceptors (Lipinski definition) is 4. The van der Waals surface area contributed by atoms with Gasteiger partial charge in [-0.05, 0) is 32.1 Å². The summed E-state index contributed by atoms with van der Waals surface area (Å²) >= 11 is 0. The highest BCUT2D eigenvalue weighted by Gasteiger charge is 2.35. The van der Waals surface area contributed by atoms with Crippen LogP contribution in [0.25, 0.3) is 0 Å². The fourth-order valence-corrected chi connectivity index (χ4v) is 3.10. The Morgan fingerprint density at radius 2 is 1.95 bits per heavy atom. The van der Waals surface area contributed by atoms with Crippen LogP contribution in [0.5, 0.6) is 0 Å². The predicted molar refractivity (Wildman–Crippen MR) is 71.5 cm³/mol. The summed E-state index contributed by atoms with van der Waals surface area (Å²) in [5.41, 5.74) is 0.580. The van der Waals surface area contributed by atoms with Crippen LogP contribution < -0.4 is 0 Å². The second-order valence-corrected chi connectivity index (χ2v) is 5.35. The summed E-state index contributed by atoms with van der Waals surface area (Å²) < 4.78 is 16.3. The van der Waals surface area contributed by atoms with Gasteiger partial charge in [-0.1, -0.05) is 19.4 Å². The average molecular weight is 268 g/mol. The SMILES string of the molecule is C=C(C[C@@H]1CCCC[C@H]1C1OCCO1)C(=O)OCC. The molecule has 0 N–H and O–H groups in total. The van der Waals surface area contributed by atoms with Crippen molar-refractivity contribution in [3.8, 4) is 0 Å². The first-order chi connectivity index (χ1) is 9.22. The fourth-order valence-electron chi connectivity index (χ4n) is 3.10. The van der Waals surface area contributed by atoms with Crippen molar-refractivity contribution in [3.63, 3.8) is 0 Å². The average Bonchev–Trinajstić information content (AvgIpc) is 2.93. The summed E-state index contributed by atoms with van der Waals surface area (Å²) in [5, 5.41) is 0. The van der Waals surface area contributed by atoms with E-state index in [1.807, 2.05) is 6.92 Å². The van der Waals surface area contributed by atoms with Crippen LogP contribution in [-0.2, 0) is 19.0 Å². The molecule has 1 saturated heterocycles. The Morgan fingerprint density at radius 1 is 1.26 bits per heavy atom. The molecule has 1 saturated carbocycles. The van der Waals surface area contributed by atoms with E-state index in [1.54, 1.807) is 0 Å². The Labute approximate surface area is 115 Å². The number of carbonyl (C=O) groups excluding carboxylic acids is 1. The summed E-state index contributed by atoms with van der Waals surface area (Å²) in [6.45, 7) is 7.46. The van der Waals surface area contributed by atoms with Crippen molar-refractivity contribution in [3.05, 3.63) is 12.2 Å². The minimum absolute atomic E-state index is 0.0831. The van der Waals surface area contributed by atoms with E-state index >= 15 is 0 Å². The van der Waals surface area contributed by atoms with Gasteiger partial charge in [-0.2, -0.15) is 0 Å². The Kier molecular flexibility index (Phi) is 5.40. The number of rotatable bonds is 5. The Hall–Kier alpha value is -0.870. The molecule has 2 fully saturated rings. The van der Waals surface area contributed by atoms with Gasteiger partial charge in [-0.3, -0.25) is 0 Å². The van der Waals surface area contributed by atoms with Gasteiger partial charge in [-0.15, -0.1) is 0 Å². The van der Waals surface area contributed by atoms with Crippen LogP contribution >= 0.6 is 0 Å². The van der Waals surface area contributed by atoms with E-state index in [2.05, 4.69) is 6.58 Å². The van der Waals surface area contributed by atoms with Crippen LogP contribution in [-0.4, -0.2) is 32.1 Å². The molecule has 2 atom stereocenters. The molecule has 2 rings (SSSR count). The molecule has 4 heteroatoms. The lowest BCUT2D eigenvalue weighted by Crippen LogP contribution is -2.32. The van der Waals surface area contributed by atoms with Gasteiger partial charge in [-0.25, -0.2) is 4.79 Å². The van der Waals surface area contributed by atoms with E-state index in [0.29, 0.717) is 43.7 Å². The maximum Gasteiger partial charge on any atom is 0.333 e. The summed E-state index contributed by atoms with van der Waals surface area (Å²) in [6.07, 6.45) is 5.28. The number of ether oxygens (including phenoxy) is 3. The zero-order valence-electron chi connectivity index (χ0n) is 11.7. The van der Waals surface area contributed by atoms with Gasteiger partial charge in [0.15, 0.2) is 6.29 Å². The highest BCUT2D eigenvalue weighted by Crippen LogP contribution is 2.38. The number of carbonyl (C=O) groups is 1. The van der Waals surface area contributed by atoms with Crippen LogP contribution in [0.3, 0.4) is 0 Å². The van der Waals surface area contributed by atoms with Crippen molar-refractivity contribution in [2.45, 2.75) is 45.3 Å². The lowest BCUT2D eigenvalue weighted by molar-refractivity contribution is -0.139. The Morgan fingerprint density at radius 3 is 2.63 bits per heavy atom. The minimum Gasteiger partial charge on any atom is -0.463 e. The maximum atomic E-state index is 11.7. The van der Waals surface area contributed by atoms with Gasteiger partial charge in [0.1, 0.15) is 0 Å². The van der Waals surface area contributed by atoms with Crippen LogP contribution in [0, 0.1) is 11.8 Å². The van der Waals surface area contributed by atoms with Crippen LogP contribution in [0.15, 0.2) is 12.2 Å².